The number of amides is 3. The number of aromatic nitrogens is 2. The van der Waals surface area contributed by atoms with Crippen LogP contribution in [0, 0.1) is 6.92 Å². The van der Waals surface area contributed by atoms with Crippen LogP contribution in [0.4, 0.5) is 18.9 Å². The molecule has 8 rings (SSSR count). The number of rotatable bonds is 10. The SMILES string of the molecule is CC1=NN(Cc2c(C)nnc3sc(C(=O)N4CCC(NC(=O)c5ccccc5)C4)c(N)c23)C2SC(C(=O)NC3CCN(S(=O)(=O)c4ccc(OC(F)(F)F)cc4)C3)=C(N)C2=C1C. The molecule has 4 aliphatic heterocycles. The molecule has 4 aliphatic rings. The van der Waals surface area contributed by atoms with Gasteiger partial charge in [0.1, 0.15) is 20.8 Å². The molecular weight excluding hydrogens is 870 g/mol. The number of likely N-dealkylation sites (tertiary alicyclic amines) is 1. The Bertz CT molecular complexity index is 2690. The van der Waals surface area contributed by atoms with E-state index in [2.05, 4.69) is 25.6 Å². The average molecular weight is 911 g/mol. The molecule has 2 fully saturated rings. The molecule has 2 saturated heterocycles. The number of hydrogen-bond acceptors (Lipinski definition) is 14. The molecule has 0 spiro atoms. The monoisotopic (exact) mass is 910 g/mol. The Morgan fingerprint density at radius 3 is 2.31 bits per heavy atom. The number of thiophene rings is 1. The summed E-state index contributed by atoms with van der Waals surface area (Å²) in [6, 6.07) is 12.0. The number of nitrogens with one attached hydrogen (secondary N) is 2. The summed E-state index contributed by atoms with van der Waals surface area (Å²) in [7, 11) is -4.09. The van der Waals surface area contributed by atoms with Crippen LogP contribution >= 0.6 is 23.1 Å². The van der Waals surface area contributed by atoms with Gasteiger partial charge < -0.3 is 31.7 Å². The maximum absolute atomic E-state index is 13.9. The van der Waals surface area contributed by atoms with E-state index < -0.39 is 39.5 Å². The van der Waals surface area contributed by atoms with Crippen LogP contribution in [-0.2, 0) is 21.4 Å². The number of benzene rings is 2. The minimum Gasteiger partial charge on any atom is -0.406 e. The molecule has 2 aromatic heterocycles. The van der Waals surface area contributed by atoms with E-state index in [0.717, 1.165) is 45.5 Å². The summed E-state index contributed by atoms with van der Waals surface area (Å²) in [5, 5.41) is 21.4. The van der Waals surface area contributed by atoms with Gasteiger partial charge in [0.25, 0.3) is 17.7 Å². The molecule has 3 unspecified atom stereocenters. The van der Waals surface area contributed by atoms with Crippen LogP contribution in [0.1, 0.15) is 58.0 Å². The standard InChI is InChI=1S/C40H41F3N10O6S3/c1-20-21(2)50-53(19-28-22(3)48-49-37-30(28)32(45)34(60-37)38(56)51-15-13-24(17-51)46-35(54)23-7-5-4-6-8-23)39-29(20)31(44)33(61-39)36(55)47-25-14-16-52(18-25)62(57,58)27-11-9-26(10-12-27)59-40(41,42)43/h4-12,24-25,39H,13-19,44-45H2,1-3H3,(H,46,54)(H,47,55). The molecule has 3 atom stereocenters. The second-order valence-corrected chi connectivity index (χ2v) is 19.3. The van der Waals surface area contributed by atoms with E-state index in [1.165, 1.54) is 11.8 Å². The normalized spacial score (nSPS) is 20.8. The highest BCUT2D eigenvalue weighted by Gasteiger charge is 2.42. The van der Waals surface area contributed by atoms with E-state index >= 15 is 0 Å². The van der Waals surface area contributed by atoms with Gasteiger partial charge in [-0.3, -0.25) is 19.4 Å². The third kappa shape index (κ3) is 8.30. The number of nitrogen functional groups attached to an aromatic ring is 1. The van der Waals surface area contributed by atoms with Crippen LogP contribution in [0.25, 0.3) is 10.2 Å². The van der Waals surface area contributed by atoms with Crippen LogP contribution in [0.2, 0.25) is 0 Å². The number of thioether (sulfide) groups is 1. The molecule has 6 heterocycles. The van der Waals surface area contributed by atoms with Crippen molar-refractivity contribution < 1.29 is 40.7 Å². The van der Waals surface area contributed by atoms with Gasteiger partial charge in [-0.2, -0.15) is 14.5 Å². The number of nitrogens with two attached hydrogens (primary N) is 2. The molecule has 0 aliphatic carbocycles. The topological polar surface area (TPSA) is 219 Å². The fraction of sp³-hybridized carbons (Fsp3) is 0.350. The maximum Gasteiger partial charge on any atom is 0.573 e. The summed E-state index contributed by atoms with van der Waals surface area (Å²) in [5.41, 5.74) is 18.0. The highest BCUT2D eigenvalue weighted by molar-refractivity contribution is 8.05. The fourth-order valence-corrected chi connectivity index (χ4v) is 11.7. The lowest BCUT2D eigenvalue weighted by molar-refractivity contribution is -0.274. The van der Waals surface area contributed by atoms with E-state index in [1.54, 1.807) is 41.1 Å². The smallest absolute Gasteiger partial charge is 0.406 e. The molecule has 4 aromatic rings. The van der Waals surface area contributed by atoms with Crippen molar-refractivity contribution >= 4 is 72.5 Å². The van der Waals surface area contributed by atoms with Crippen LogP contribution in [-0.4, -0.2) is 106 Å². The predicted molar refractivity (Wildman–Crippen MR) is 227 cm³/mol. The highest BCUT2D eigenvalue weighted by atomic mass is 32.2. The first-order valence-corrected chi connectivity index (χ1v) is 22.6. The number of hydrogen-bond donors (Lipinski definition) is 4. The van der Waals surface area contributed by atoms with Crippen molar-refractivity contribution in [2.24, 2.45) is 10.8 Å². The molecule has 0 saturated carbocycles. The number of alkyl halides is 3. The van der Waals surface area contributed by atoms with Gasteiger partial charge in [0.2, 0.25) is 10.0 Å². The number of ether oxygens (including phenoxy) is 1. The first-order valence-electron chi connectivity index (χ1n) is 19.5. The molecule has 0 bridgehead atoms. The summed E-state index contributed by atoms with van der Waals surface area (Å²) >= 11 is 2.35. The first kappa shape index (κ1) is 43.0. The van der Waals surface area contributed by atoms with Gasteiger partial charge in [0, 0.05) is 60.3 Å². The Morgan fingerprint density at radius 2 is 1.60 bits per heavy atom. The first-order chi connectivity index (χ1) is 29.4. The zero-order chi connectivity index (χ0) is 44.2. The van der Waals surface area contributed by atoms with Crippen molar-refractivity contribution in [3.05, 3.63) is 98.0 Å². The molecular formula is C40H41F3N10O6S3. The molecule has 62 heavy (non-hydrogen) atoms. The van der Waals surface area contributed by atoms with E-state index in [-0.39, 0.29) is 65.1 Å². The Kier molecular flexibility index (Phi) is 11.5. The van der Waals surface area contributed by atoms with Crippen LogP contribution < -0.4 is 26.8 Å². The molecule has 22 heteroatoms. The van der Waals surface area contributed by atoms with Gasteiger partial charge in [0.05, 0.1) is 39.1 Å². The van der Waals surface area contributed by atoms with Crippen molar-refractivity contribution in [3.8, 4) is 5.75 Å². The molecule has 326 valence electrons. The zero-order valence-electron chi connectivity index (χ0n) is 33.5. The zero-order valence-corrected chi connectivity index (χ0v) is 36.0. The Labute approximate surface area is 362 Å². The van der Waals surface area contributed by atoms with Crippen molar-refractivity contribution in [2.45, 2.75) is 68.9 Å². The predicted octanol–water partition coefficient (Wildman–Crippen LogP) is 4.46. The number of halogens is 3. The number of hydrazone groups is 1. The molecule has 3 amide bonds. The van der Waals surface area contributed by atoms with Gasteiger partial charge in [-0.1, -0.05) is 30.0 Å². The number of carbonyl (C=O) groups is 3. The van der Waals surface area contributed by atoms with Crippen LogP contribution in [0.5, 0.6) is 5.75 Å². The van der Waals surface area contributed by atoms with Gasteiger partial charge >= 0.3 is 6.36 Å². The second kappa shape index (κ2) is 16.5. The minimum absolute atomic E-state index is 0.0632. The molecule has 2 aromatic carbocycles. The lowest BCUT2D eigenvalue weighted by Crippen LogP contribution is -2.39. The van der Waals surface area contributed by atoms with E-state index in [9.17, 15) is 36.0 Å². The number of allylic oxidation sites excluding steroid dienone is 1. The third-order valence-corrected chi connectivity index (χ3v) is 15.5. The second-order valence-electron chi connectivity index (χ2n) is 15.2. The van der Waals surface area contributed by atoms with Crippen molar-refractivity contribution in [1.29, 1.82) is 0 Å². The number of sulfonamides is 1. The summed E-state index contributed by atoms with van der Waals surface area (Å²) in [6.45, 7) is 6.44. The van der Waals surface area contributed by atoms with Crippen molar-refractivity contribution in [2.75, 3.05) is 31.9 Å². The van der Waals surface area contributed by atoms with E-state index in [4.69, 9.17) is 16.6 Å². The van der Waals surface area contributed by atoms with Crippen LogP contribution in [0.15, 0.2) is 86.3 Å². The molecule has 16 nitrogen and oxygen atoms in total. The van der Waals surface area contributed by atoms with Gasteiger partial charge in [0.15, 0.2) is 0 Å². The highest BCUT2D eigenvalue weighted by Crippen LogP contribution is 2.47. The lowest BCUT2D eigenvalue weighted by atomic mass is 10.00. The molecule has 0 radical (unpaired) electrons. The maximum atomic E-state index is 13.9. The van der Waals surface area contributed by atoms with Gasteiger partial charge in [-0.25, -0.2) is 8.42 Å². The summed E-state index contributed by atoms with van der Waals surface area (Å²) in [4.78, 5) is 43.0. The quantitative estimate of drug-likeness (QED) is 0.174. The van der Waals surface area contributed by atoms with E-state index in [0.29, 0.717) is 62.7 Å². The van der Waals surface area contributed by atoms with Gasteiger partial charge in [-0.05, 0) is 75.6 Å². The minimum atomic E-state index is -4.92. The summed E-state index contributed by atoms with van der Waals surface area (Å²) < 4.78 is 69.5. The Hall–Kier alpha value is -5.71. The fourth-order valence-electron chi connectivity index (χ4n) is 7.91. The Balaban J connectivity index is 0.952. The van der Waals surface area contributed by atoms with Gasteiger partial charge in [-0.15, -0.1) is 29.6 Å². The van der Waals surface area contributed by atoms with Crippen molar-refractivity contribution in [3.63, 3.8) is 0 Å². The number of aryl methyl sites for hydroxylation is 1. The van der Waals surface area contributed by atoms with E-state index in [1.807, 2.05) is 19.9 Å². The molecule has 6 N–H and O–H groups in total. The summed E-state index contributed by atoms with van der Waals surface area (Å²) in [6.07, 6.45) is -4.05. The number of anilines is 1. The number of fused-ring (bicyclic) bond motifs is 2. The third-order valence-electron chi connectivity index (χ3n) is 11.2. The summed E-state index contributed by atoms with van der Waals surface area (Å²) in [5.74, 6) is -1.52. The van der Waals surface area contributed by atoms with Crippen LogP contribution in [0.3, 0.4) is 0 Å². The lowest BCUT2D eigenvalue weighted by Gasteiger charge is -2.33. The number of carbonyl (C=O) groups excluding carboxylic acids is 3. The number of nitrogens with zero attached hydrogens (tertiary/aromatic N) is 6. The largest absolute Gasteiger partial charge is 0.573 e. The average Bonchev–Trinajstić information content (AvgIpc) is 4.04. The van der Waals surface area contributed by atoms with Crippen molar-refractivity contribution in [1.82, 2.24) is 35.0 Å². The Morgan fingerprint density at radius 1 is 0.919 bits per heavy atom.